The van der Waals surface area contributed by atoms with E-state index in [9.17, 15) is 0 Å². The summed E-state index contributed by atoms with van der Waals surface area (Å²) in [6.45, 7) is 7.34. The van der Waals surface area contributed by atoms with E-state index in [1.807, 2.05) is 11.3 Å². The topological polar surface area (TPSA) is 12.0 Å². The van der Waals surface area contributed by atoms with E-state index in [4.69, 9.17) is 0 Å². The van der Waals surface area contributed by atoms with Crippen LogP contribution in [-0.4, -0.2) is 6.54 Å². The Kier molecular flexibility index (Phi) is 5.23. The minimum absolute atomic E-state index is 0.245. The number of thiophene rings is 1. The fourth-order valence-electron chi connectivity index (χ4n) is 2.06. The monoisotopic (exact) mass is 401 g/mol. The lowest BCUT2D eigenvalue weighted by atomic mass is 10.0. The molecule has 1 aromatic carbocycles. The van der Waals surface area contributed by atoms with Crippen LogP contribution in [0.2, 0.25) is 0 Å². The lowest BCUT2D eigenvalue weighted by molar-refractivity contribution is 0.637. The Hall–Kier alpha value is -0.160. The normalized spacial score (nSPS) is 12.7. The van der Waals surface area contributed by atoms with Crippen LogP contribution in [0.3, 0.4) is 0 Å². The molecule has 2 rings (SSSR count). The molecule has 0 saturated carbocycles. The number of benzene rings is 1. The van der Waals surface area contributed by atoms with Gasteiger partial charge < -0.3 is 5.32 Å². The molecule has 0 spiro atoms. The van der Waals surface area contributed by atoms with Gasteiger partial charge in [-0.2, -0.15) is 0 Å². The SMILES string of the molecule is CCNC(c1ccc(C)s1)c1cc(Br)c(C)cc1Br. The van der Waals surface area contributed by atoms with Crippen molar-refractivity contribution in [2.75, 3.05) is 6.54 Å². The standard InChI is InChI=1S/C15H17Br2NS/c1-4-18-15(14-6-5-10(3)19-14)11-8-12(16)9(2)7-13(11)17/h5-8,15,18H,4H2,1-3H3. The summed E-state index contributed by atoms with van der Waals surface area (Å²) in [5, 5.41) is 3.58. The second kappa shape index (κ2) is 6.53. The molecule has 1 atom stereocenters. The van der Waals surface area contributed by atoms with Crippen molar-refractivity contribution < 1.29 is 0 Å². The van der Waals surface area contributed by atoms with Crippen molar-refractivity contribution >= 4 is 43.2 Å². The molecule has 0 bridgehead atoms. The van der Waals surface area contributed by atoms with Crippen molar-refractivity contribution in [3.8, 4) is 0 Å². The Morgan fingerprint density at radius 3 is 2.47 bits per heavy atom. The fraction of sp³-hybridized carbons (Fsp3) is 0.333. The van der Waals surface area contributed by atoms with E-state index >= 15 is 0 Å². The fourth-order valence-corrected chi connectivity index (χ4v) is 4.08. The van der Waals surface area contributed by atoms with E-state index in [1.165, 1.54) is 20.9 Å². The molecular weight excluding hydrogens is 386 g/mol. The Morgan fingerprint density at radius 1 is 1.16 bits per heavy atom. The third-order valence-electron chi connectivity index (χ3n) is 3.04. The summed E-state index contributed by atoms with van der Waals surface area (Å²) in [6, 6.07) is 9.02. The van der Waals surface area contributed by atoms with Gasteiger partial charge in [0, 0.05) is 18.7 Å². The molecule has 1 heterocycles. The maximum Gasteiger partial charge on any atom is 0.0682 e. The highest BCUT2D eigenvalue weighted by molar-refractivity contribution is 9.11. The second-order valence-electron chi connectivity index (χ2n) is 4.56. The molecule has 0 radical (unpaired) electrons. The number of halogens is 2. The van der Waals surface area contributed by atoms with Gasteiger partial charge in [0.1, 0.15) is 0 Å². The van der Waals surface area contributed by atoms with Crippen LogP contribution in [-0.2, 0) is 0 Å². The van der Waals surface area contributed by atoms with Crippen molar-refractivity contribution in [3.05, 3.63) is 54.1 Å². The van der Waals surface area contributed by atoms with E-state index in [0.717, 1.165) is 15.5 Å². The van der Waals surface area contributed by atoms with Crippen LogP contribution < -0.4 is 5.32 Å². The molecule has 1 N–H and O–H groups in total. The summed E-state index contributed by atoms with van der Waals surface area (Å²) >= 11 is 9.18. The average molecular weight is 403 g/mol. The summed E-state index contributed by atoms with van der Waals surface area (Å²) in [5.41, 5.74) is 2.52. The van der Waals surface area contributed by atoms with Crippen molar-refractivity contribution in [3.63, 3.8) is 0 Å². The smallest absolute Gasteiger partial charge is 0.0682 e. The number of hydrogen-bond donors (Lipinski definition) is 1. The van der Waals surface area contributed by atoms with Crippen molar-refractivity contribution in [2.24, 2.45) is 0 Å². The quantitative estimate of drug-likeness (QED) is 0.702. The van der Waals surface area contributed by atoms with Gasteiger partial charge in [0.05, 0.1) is 6.04 Å². The molecule has 0 aliphatic rings. The van der Waals surface area contributed by atoms with E-state index in [1.54, 1.807) is 0 Å². The van der Waals surface area contributed by atoms with Gasteiger partial charge >= 0.3 is 0 Å². The summed E-state index contributed by atoms with van der Waals surface area (Å²) in [5.74, 6) is 0. The predicted molar refractivity (Wildman–Crippen MR) is 91.2 cm³/mol. The van der Waals surface area contributed by atoms with Crippen molar-refractivity contribution in [1.29, 1.82) is 0 Å². The van der Waals surface area contributed by atoms with Crippen LogP contribution in [0.25, 0.3) is 0 Å². The number of hydrogen-bond acceptors (Lipinski definition) is 2. The van der Waals surface area contributed by atoms with E-state index in [0.29, 0.717) is 0 Å². The molecule has 0 amide bonds. The molecule has 0 aliphatic heterocycles. The molecule has 0 aliphatic carbocycles. The molecule has 1 nitrogen and oxygen atoms in total. The highest BCUT2D eigenvalue weighted by atomic mass is 79.9. The van der Waals surface area contributed by atoms with E-state index in [2.05, 4.69) is 82.2 Å². The summed E-state index contributed by atoms with van der Waals surface area (Å²) in [4.78, 5) is 2.70. The number of aryl methyl sites for hydroxylation is 2. The van der Waals surface area contributed by atoms with Gasteiger partial charge in [0.2, 0.25) is 0 Å². The van der Waals surface area contributed by atoms with Gasteiger partial charge in [-0.25, -0.2) is 0 Å². The summed E-state index contributed by atoms with van der Waals surface area (Å²) in [7, 11) is 0. The first-order valence-electron chi connectivity index (χ1n) is 6.28. The molecule has 0 fully saturated rings. The van der Waals surface area contributed by atoms with E-state index < -0.39 is 0 Å². The molecular formula is C15H17Br2NS. The Morgan fingerprint density at radius 2 is 1.89 bits per heavy atom. The molecule has 1 aromatic heterocycles. The zero-order valence-corrected chi connectivity index (χ0v) is 15.2. The van der Waals surface area contributed by atoms with Crippen LogP contribution in [0.5, 0.6) is 0 Å². The maximum absolute atomic E-state index is 3.70. The van der Waals surface area contributed by atoms with Gasteiger partial charge in [-0.05, 0) is 55.8 Å². The van der Waals surface area contributed by atoms with Crippen LogP contribution in [0, 0.1) is 13.8 Å². The Labute approximate surface area is 135 Å². The highest BCUT2D eigenvalue weighted by Crippen LogP contribution is 2.35. The predicted octanol–water partition coefficient (Wildman–Crippen LogP) is 5.59. The minimum Gasteiger partial charge on any atom is -0.306 e. The van der Waals surface area contributed by atoms with Crippen LogP contribution in [0.1, 0.15) is 33.8 Å². The first-order valence-corrected chi connectivity index (χ1v) is 8.68. The number of nitrogens with one attached hydrogen (secondary N) is 1. The largest absolute Gasteiger partial charge is 0.306 e. The minimum atomic E-state index is 0.245. The third kappa shape index (κ3) is 3.48. The van der Waals surface area contributed by atoms with Crippen LogP contribution in [0.4, 0.5) is 0 Å². The average Bonchev–Trinajstić information content (AvgIpc) is 2.78. The molecule has 102 valence electrons. The molecule has 2 aromatic rings. The second-order valence-corrected chi connectivity index (χ2v) is 7.59. The van der Waals surface area contributed by atoms with Gasteiger partial charge in [-0.3, -0.25) is 0 Å². The van der Waals surface area contributed by atoms with Crippen molar-refractivity contribution in [2.45, 2.75) is 26.8 Å². The highest BCUT2D eigenvalue weighted by Gasteiger charge is 2.18. The van der Waals surface area contributed by atoms with Gasteiger partial charge in [-0.15, -0.1) is 11.3 Å². The summed E-state index contributed by atoms with van der Waals surface area (Å²) in [6.07, 6.45) is 0. The number of rotatable bonds is 4. The third-order valence-corrected chi connectivity index (χ3v) is 5.65. The maximum atomic E-state index is 3.70. The molecule has 4 heteroatoms. The van der Waals surface area contributed by atoms with Gasteiger partial charge in [0.25, 0.3) is 0 Å². The van der Waals surface area contributed by atoms with Crippen LogP contribution in [0.15, 0.2) is 33.2 Å². The molecule has 1 unspecified atom stereocenters. The lowest BCUT2D eigenvalue weighted by Crippen LogP contribution is -2.21. The first kappa shape index (κ1) is 15.2. The Balaban J connectivity index is 2.47. The Bertz CT molecular complexity index is 578. The van der Waals surface area contributed by atoms with Gasteiger partial charge in [-0.1, -0.05) is 38.8 Å². The molecule has 19 heavy (non-hydrogen) atoms. The summed E-state index contributed by atoms with van der Waals surface area (Å²) < 4.78 is 2.31. The lowest BCUT2D eigenvalue weighted by Gasteiger charge is -2.19. The van der Waals surface area contributed by atoms with Gasteiger partial charge in [0.15, 0.2) is 0 Å². The zero-order chi connectivity index (χ0) is 14.0. The van der Waals surface area contributed by atoms with Crippen LogP contribution >= 0.6 is 43.2 Å². The first-order chi connectivity index (χ1) is 9.02. The molecule has 0 saturated heterocycles. The zero-order valence-electron chi connectivity index (χ0n) is 11.3. The van der Waals surface area contributed by atoms with Crippen molar-refractivity contribution in [1.82, 2.24) is 5.32 Å². The van der Waals surface area contributed by atoms with E-state index in [-0.39, 0.29) is 6.04 Å².